The van der Waals surface area contributed by atoms with Gasteiger partial charge in [0.15, 0.2) is 5.96 Å². The SMILES string of the molecule is CN=C(NCCCSc1nccs1)NC1C2CCOC2C1(C)C.I. The Morgan fingerprint density at radius 3 is 3.08 bits per heavy atom. The van der Waals surface area contributed by atoms with Crippen molar-refractivity contribution in [2.75, 3.05) is 26.0 Å². The number of hydrogen-bond donors (Lipinski definition) is 2. The Balaban J connectivity index is 0.00000208. The highest BCUT2D eigenvalue weighted by atomic mass is 127. The van der Waals surface area contributed by atoms with Crippen LogP contribution in [-0.4, -0.2) is 49.0 Å². The van der Waals surface area contributed by atoms with Crippen molar-refractivity contribution in [1.82, 2.24) is 15.6 Å². The highest BCUT2D eigenvalue weighted by Crippen LogP contribution is 2.52. The van der Waals surface area contributed by atoms with Crippen molar-refractivity contribution >= 4 is 53.0 Å². The van der Waals surface area contributed by atoms with E-state index < -0.39 is 0 Å². The van der Waals surface area contributed by atoms with Crippen LogP contribution >= 0.6 is 47.1 Å². The summed E-state index contributed by atoms with van der Waals surface area (Å²) in [6, 6.07) is 0.450. The molecule has 1 saturated heterocycles. The highest BCUT2D eigenvalue weighted by molar-refractivity contribution is 14.0. The Morgan fingerprint density at radius 2 is 2.38 bits per heavy atom. The zero-order chi connectivity index (χ0) is 16.3. The Kier molecular flexibility index (Phi) is 7.63. The van der Waals surface area contributed by atoms with E-state index in [-0.39, 0.29) is 29.4 Å². The van der Waals surface area contributed by atoms with E-state index in [2.05, 4.69) is 34.5 Å². The zero-order valence-electron chi connectivity index (χ0n) is 14.4. The number of hydrogen-bond acceptors (Lipinski definition) is 5. The van der Waals surface area contributed by atoms with E-state index in [9.17, 15) is 0 Å². The smallest absolute Gasteiger partial charge is 0.191 e. The number of fused-ring (bicyclic) bond motifs is 1. The molecule has 0 amide bonds. The first-order valence-corrected chi connectivity index (χ1v) is 10.1. The predicted molar refractivity (Wildman–Crippen MR) is 113 cm³/mol. The lowest BCUT2D eigenvalue weighted by atomic mass is 9.57. The first kappa shape index (κ1) is 20.3. The van der Waals surface area contributed by atoms with Crippen molar-refractivity contribution in [3.8, 4) is 0 Å². The molecule has 1 aliphatic carbocycles. The maximum Gasteiger partial charge on any atom is 0.191 e. The molecule has 0 bridgehead atoms. The largest absolute Gasteiger partial charge is 0.377 e. The molecule has 3 atom stereocenters. The van der Waals surface area contributed by atoms with E-state index in [4.69, 9.17) is 4.74 Å². The van der Waals surface area contributed by atoms with Crippen molar-refractivity contribution in [2.24, 2.45) is 16.3 Å². The van der Waals surface area contributed by atoms with Crippen LogP contribution < -0.4 is 10.6 Å². The first-order chi connectivity index (χ1) is 11.1. The summed E-state index contributed by atoms with van der Waals surface area (Å²) >= 11 is 3.52. The molecule has 2 aliphatic rings. The summed E-state index contributed by atoms with van der Waals surface area (Å²) in [7, 11) is 1.84. The van der Waals surface area contributed by atoms with Crippen LogP contribution in [0.5, 0.6) is 0 Å². The predicted octanol–water partition coefficient (Wildman–Crippen LogP) is 3.22. The van der Waals surface area contributed by atoms with Crippen LogP contribution in [-0.2, 0) is 4.74 Å². The van der Waals surface area contributed by atoms with E-state index in [1.54, 1.807) is 11.3 Å². The van der Waals surface area contributed by atoms with Gasteiger partial charge in [-0.3, -0.25) is 4.99 Å². The van der Waals surface area contributed by atoms with Crippen molar-refractivity contribution < 1.29 is 4.74 Å². The van der Waals surface area contributed by atoms with Crippen LogP contribution in [0.2, 0.25) is 0 Å². The van der Waals surface area contributed by atoms with Crippen LogP contribution in [0, 0.1) is 11.3 Å². The lowest BCUT2D eigenvalue weighted by molar-refractivity contribution is -0.106. The average molecular weight is 482 g/mol. The number of halogens is 1. The third-order valence-electron chi connectivity index (χ3n) is 4.87. The molecule has 0 spiro atoms. The maximum absolute atomic E-state index is 5.85. The Hall–Kier alpha value is -0.0600. The topological polar surface area (TPSA) is 58.5 Å². The fourth-order valence-corrected chi connectivity index (χ4v) is 5.33. The summed E-state index contributed by atoms with van der Waals surface area (Å²) in [4.78, 5) is 8.66. The monoisotopic (exact) mass is 482 g/mol. The van der Waals surface area contributed by atoms with Gasteiger partial charge in [0.05, 0.1) is 6.10 Å². The van der Waals surface area contributed by atoms with E-state index in [0.717, 1.165) is 42.0 Å². The molecule has 2 N–H and O–H groups in total. The minimum absolute atomic E-state index is 0. The molecule has 136 valence electrons. The minimum atomic E-state index is 0. The molecule has 1 aliphatic heterocycles. The second-order valence-corrected chi connectivity index (χ2v) is 8.92. The van der Waals surface area contributed by atoms with Gasteiger partial charge in [-0.25, -0.2) is 4.98 Å². The van der Waals surface area contributed by atoms with Gasteiger partial charge in [-0.2, -0.15) is 0 Å². The molecule has 24 heavy (non-hydrogen) atoms. The second-order valence-electron chi connectivity index (χ2n) is 6.69. The number of thiazole rings is 1. The zero-order valence-corrected chi connectivity index (χ0v) is 18.4. The number of thioether (sulfide) groups is 1. The van der Waals surface area contributed by atoms with Gasteiger partial charge in [0.25, 0.3) is 0 Å². The van der Waals surface area contributed by atoms with Gasteiger partial charge in [-0.1, -0.05) is 25.6 Å². The lowest BCUT2D eigenvalue weighted by Crippen LogP contribution is -2.67. The molecule has 0 radical (unpaired) electrons. The highest BCUT2D eigenvalue weighted by Gasteiger charge is 2.59. The Morgan fingerprint density at radius 1 is 1.54 bits per heavy atom. The second kappa shape index (κ2) is 9.05. The summed E-state index contributed by atoms with van der Waals surface area (Å²) in [5.41, 5.74) is 0.180. The molecular formula is C16H27IN4OS2. The number of aliphatic imine (C=N–C) groups is 1. The fourth-order valence-electron chi connectivity index (χ4n) is 3.68. The lowest BCUT2D eigenvalue weighted by Gasteiger charge is -2.54. The quantitative estimate of drug-likeness (QED) is 0.215. The van der Waals surface area contributed by atoms with Gasteiger partial charge in [-0.05, 0) is 12.8 Å². The molecule has 1 aromatic rings. The third kappa shape index (κ3) is 4.37. The van der Waals surface area contributed by atoms with Crippen molar-refractivity contribution in [1.29, 1.82) is 0 Å². The number of nitrogens with one attached hydrogen (secondary N) is 2. The van der Waals surface area contributed by atoms with Crippen LogP contribution in [0.1, 0.15) is 26.7 Å². The van der Waals surface area contributed by atoms with Gasteiger partial charge in [0.2, 0.25) is 0 Å². The molecule has 3 rings (SSSR count). The van der Waals surface area contributed by atoms with Gasteiger partial charge in [0.1, 0.15) is 4.34 Å². The van der Waals surface area contributed by atoms with E-state index in [1.165, 1.54) is 0 Å². The molecule has 8 heteroatoms. The first-order valence-electron chi connectivity index (χ1n) is 8.24. The molecule has 3 unspecified atom stereocenters. The van der Waals surface area contributed by atoms with Gasteiger partial charge in [0, 0.05) is 54.9 Å². The van der Waals surface area contributed by atoms with Gasteiger partial charge in [-0.15, -0.1) is 35.3 Å². The van der Waals surface area contributed by atoms with Crippen molar-refractivity contribution in [3.63, 3.8) is 0 Å². The molecular weight excluding hydrogens is 455 g/mol. The Bertz CT molecular complexity index is 538. The molecule has 1 aromatic heterocycles. The number of nitrogens with zero attached hydrogens (tertiary/aromatic N) is 2. The number of aromatic nitrogens is 1. The Labute approximate surface area is 169 Å². The summed E-state index contributed by atoms with van der Waals surface area (Å²) in [6.07, 6.45) is 4.52. The molecule has 0 aromatic carbocycles. The standard InChI is InChI=1S/C16H26N4OS2.HI/c1-16(2)12(11-5-8-21-13(11)16)20-14(17-3)18-6-4-9-22-15-19-7-10-23-15;/h7,10-13H,4-6,8-9H2,1-3H3,(H2,17,18,20);1H. The van der Waals surface area contributed by atoms with E-state index >= 15 is 0 Å². The van der Waals surface area contributed by atoms with E-state index in [0.29, 0.717) is 18.1 Å². The normalized spacial score (nSPS) is 27.8. The number of rotatable bonds is 6. The minimum Gasteiger partial charge on any atom is -0.377 e. The van der Waals surface area contributed by atoms with Crippen molar-refractivity contribution in [2.45, 2.75) is 43.2 Å². The number of ether oxygens (including phenoxy) is 1. The summed E-state index contributed by atoms with van der Waals surface area (Å²) < 4.78 is 7.00. The fraction of sp³-hybridized carbons (Fsp3) is 0.750. The van der Waals surface area contributed by atoms with E-state index in [1.807, 2.05) is 30.4 Å². The van der Waals surface area contributed by atoms with Gasteiger partial charge >= 0.3 is 0 Å². The molecule has 1 saturated carbocycles. The van der Waals surface area contributed by atoms with Crippen LogP contribution in [0.3, 0.4) is 0 Å². The third-order valence-corrected chi connectivity index (χ3v) is 6.92. The maximum atomic E-state index is 5.85. The van der Waals surface area contributed by atoms with Crippen LogP contribution in [0.25, 0.3) is 0 Å². The van der Waals surface area contributed by atoms with Crippen molar-refractivity contribution in [3.05, 3.63) is 11.6 Å². The summed E-state index contributed by atoms with van der Waals surface area (Å²) in [5, 5.41) is 9.07. The average Bonchev–Trinajstić information content (AvgIpc) is 3.20. The number of guanidine groups is 1. The molecule has 5 nitrogen and oxygen atoms in total. The molecule has 2 heterocycles. The summed E-state index contributed by atoms with van der Waals surface area (Å²) in [6.45, 7) is 6.40. The van der Waals surface area contributed by atoms with Crippen LogP contribution in [0.15, 0.2) is 20.9 Å². The molecule has 2 fully saturated rings. The summed E-state index contributed by atoms with van der Waals surface area (Å²) in [5.74, 6) is 2.61. The van der Waals surface area contributed by atoms with Gasteiger partial charge < -0.3 is 15.4 Å². The van der Waals surface area contributed by atoms with Crippen LogP contribution in [0.4, 0.5) is 0 Å².